The standard InChI is InChI=1S/C11H15NO3/c1-8-2-5-10(15-8)11(14)12(6-7-13)9-3-4-9/h2,5,9,13H,3-4,6-7H2,1H3. The van der Waals surface area contributed by atoms with Crippen LogP contribution in [0, 0.1) is 6.92 Å². The van der Waals surface area contributed by atoms with Crippen molar-refractivity contribution in [2.75, 3.05) is 13.2 Å². The second-order valence-corrected chi connectivity index (χ2v) is 3.86. The number of rotatable bonds is 4. The highest BCUT2D eigenvalue weighted by molar-refractivity contribution is 5.92. The van der Waals surface area contributed by atoms with Gasteiger partial charge in [0.2, 0.25) is 0 Å². The van der Waals surface area contributed by atoms with Gasteiger partial charge in [0.25, 0.3) is 5.91 Å². The molecule has 1 aliphatic rings. The summed E-state index contributed by atoms with van der Waals surface area (Å²) >= 11 is 0. The number of hydrogen-bond acceptors (Lipinski definition) is 3. The van der Waals surface area contributed by atoms with Crippen molar-refractivity contribution in [1.29, 1.82) is 0 Å². The van der Waals surface area contributed by atoms with Crippen LogP contribution in [0.2, 0.25) is 0 Å². The fraction of sp³-hybridized carbons (Fsp3) is 0.545. The first-order valence-electron chi connectivity index (χ1n) is 5.20. The molecule has 0 spiro atoms. The Hall–Kier alpha value is -1.29. The maximum Gasteiger partial charge on any atom is 0.289 e. The zero-order valence-electron chi connectivity index (χ0n) is 8.77. The van der Waals surface area contributed by atoms with Gasteiger partial charge in [-0.1, -0.05) is 0 Å². The van der Waals surface area contributed by atoms with Gasteiger partial charge < -0.3 is 14.4 Å². The smallest absolute Gasteiger partial charge is 0.289 e. The Kier molecular flexibility index (Phi) is 2.77. The van der Waals surface area contributed by atoms with Crippen molar-refractivity contribution in [3.8, 4) is 0 Å². The van der Waals surface area contributed by atoms with E-state index in [2.05, 4.69) is 0 Å². The van der Waals surface area contributed by atoms with E-state index in [4.69, 9.17) is 9.52 Å². The van der Waals surface area contributed by atoms with E-state index in [9.17, 15) is 4.79 Å². The molecule has 0 unspecified atom stereocenters. The van der Waals surface area contributed by atoms with Crippen LogP contribution < -0.4 is 0 Å². The number of furan rings is 1. The number of aliphatic hydroxyl groups excluding tert-OH is 1. The molecule has 1 heterocycles. The van der Waals surface area contributed by atoms with Gasteiger partial charge in [0, 0.05) is 12.6 Å². The molecule has 15 heavy (non-hydrogen) atoms. The van der Waals surface area contributed by atoms with E-state index in [1.165, 1.54) is 0 Å². The SMILES string of the molecule is Cc1ccc(C(=O)N(CCO)C2CC2)o1. The Bertz CT molecular complexity index is 354. The minimum atomic E-state index is -0.111. The summed E-state index contributed by atoms with van der Waals surface area (Å²) in [5.74, 6) is 0.991. The van der Waals surface area contributed by atoms with Crippen molar-refractivity contribution in [3.05, 3.63) is 23.7 Å². The van der Waals surface area contributed by atoms with Gasteiger partial charge in [0.1, 0.15) is 5.76 Å². The molecule has 0 aliphatic heterocycles. The average Bonchev–Trinajstić information content (AvgIpc) is 2.96. The number of carbonyl (C=O) groups excluding carboxylic acids is 1. The Morgan fingerprint density at radius 2 is 2.33 bits per heavy atom. The summed E-state index contributed by atoms with van der Waals surface area (Å²) in [6, 6.07) is 3.76. The highest BCUT2D eigenvalue weighted by Crippen LogP contribution is 2.28. The molecule has 0 saturated heterocycles. The molecule has 1 aliphatic carbocycles. The highest BCUT2D eigenvalue weighted by Gasteiger charge is 2.33. The number of hydrogen-bond donors (Lipinski definition) is 1. The maximum absolute atomic E-state index is 12.0. The summed E-state index contributed by atoms with van der Waals surface area (Å²) in [5.41, 5.74) is 0. The zero-order chi connectivity index (χ0) is 10.8. The summed E-state index contributed by atoms with van der Waals surface area (Å²) in [6.07, 6.45) is 2.07. The third-order valence-electron chi connectivity index (χ3n) is 2.54. The highest BCUT2D eigenvalue weighted by atomic mass is 16.3. The van der Waals surface area contributed by atoms with Crippen LogP contribution in [0.3, 0.4) is 0 Å². The lowest BCUT2D eigenvalue weighted by atomic mass is 10.3. The summed E-state index contributed by atoms with van der Waals surface area (Å²) in [5, 5.41) is 8.89. The first kappa shape index (κ1) is 10.2. The van der Waals surface area contributed by atoms with Gasteiger partial charge in [-0.05, 0) is 31.9 Å². The van der Waals surface area contributed by atoms with E-state index in [-0.39, 0.29) is 12.5 Å². The van der Waals surface area contributed by atoms with Crippen LogP contribution in [-0.4, -0.2) is 35.1 Å². The van der Waals surface area contributed by atoms with Crippen LogP contribution in [0.25, 0.3) is 0 Å². The van der Waals surface area contributed by atoms with Crippen molar-refractivity contribution in [2.24, 2.45) is 0 Å². The van der Waals surface area contributed by atoms with E-state index >= 15 is 0 Å². The molecule has 0 radical (unpaired) electrons. The van der Waals surface area contributed by atoms with Gasteiger partial charge >= 0.3 is 0 Å². The summed E-state index contributed by atoms with van der Waals surface area (Å²) in [6.45, 7) is 2.20. The molecule has 1 fully saturated rings. The predicted octanol–water partition coefficient (Wildman–Crippen LogP) is 1.18. The second kappa shape index (κ2) is 4.06. The third-order valence-corrected chi connectivity index (χ3v) is 2.54. The van der Waals surface area contributed by atoms with E-state index in [1.807, 2.05) is 6.92 Å². The molecule has 1 N–H and O–H groups in total. The Labute approximate surface area is 88.5 Å². The molecule has 4 heteroatoms. The van der Waals surface area contributed by atoms with E-state index in [0.29, 0.717) is 18.3 Å². The van der Waals surface area contributed by atoms with Crippen molar-refractivity contribution in [1.82, 2.24) is 4.90 Å². The molecule has 0 atom stereocenters. The van der Waals surface area contributed by atoms with Crippen LogP contribution in [0.5, 0.6) is 0 Å². The van der Waals surface area contributed by atoms with E-state index in [0.717, 1.165) is 18.6 Å². The Balaban J connectivity index is 2.10. The maximum atomic E-state index is 12.0. The van der Waals surface area contributed by atoms with Gasteiger partial charge in [0.05, 0.1) is 6.61 Å². The first-order chi connectivity index (χ1) is 7.22. The summed E-state index contributed by atoms with van der Waals surface area (Å²) in [7, 11) is 0. The molecule has 1 aromatic rings. The van der Waals surface area contributed by atoms with Gasteiger partial charge in [0.15, 0.2) is 5.76 Å². The second-order valence-electron chi connectivity index (χ2n) is 3.86. The number of aryl methyl sites for hydroxylation is 1. The lowest BCUT2D eigenvalue weighted by Gasteiger charge is -2.19. The number of aliphatic hydroxyl groups is 1. The molecule has 1 saturated carbocycles. The van der Waals surface area contributed by atoms with Crippen LogP contribution in [0.15, 0.2) is 16.5 Å². The molecule has 0 bridgehead atoms. The predicted molar refractivity (Wildman–Crippen MR) is 54.6 cm³/mol. The molecule has 1 amide bonds. The topological polar surface area (TPSA) is 53.7 Å². The lowest BCUT2D eigenvalue weighted by Crippen LogP contribution is -2.35. The monoisotopic (exact) mass is 209 g/mol. The first-order valence-corrected chi connectivity index (χ1v) is 5.20. The summed E-state index contributed by atoms with van der Waals surface area (Å²) < 4.78 is 5.28. The minimum absolute atomic E-state index is 0.00192. The largest absolute Gasteiger partial charge is 0.456 e. The fourth-order valence-electron chi connectivity index (χ4n) is 1.63. The average molecular weight is 209 g/mol. The van der Waals surface area contributed by atoms with Crippen molar-refractivity contribution >= 4 is 5.91 Å². The molecule has 1 aromatic heterocycles. The van der Waals surface area contributed by atoms with Crippen LogP contribution in [0.1, 0.15) is 29.2 Å². The van der Waals surface area contributed by atoms with Crippen LogP contribution in [-0.2, 0) is 0 Å². The number of carbonyl (C=O) groups is 1. The van der Waals surface area contributed by atoms with Gasteiger partial charge in [-0.15, -0.1) is 0 Å². The Morgan fingerprint density at radius 1 is 1.60 bits per heavy atom. The fourth-order valence-corrected chi connectivity index (χ4v) is 1.63. The van der Waals surface area contributed by atoms with Crippen LogP contribution >= 0.6 is 0 Å². The van der Waals surface area contributed by atoms with Crippen molar-refractivity contribution in [2.45, 2.75) is 25.8 Å². The normalized spacial score (nSPS) is 15.3. The molecular formula is C11H15NO3. The number of nitrogens with zero attached hydrogens (tertiary/aromatic N) is 1. The lowest BCUT2D eigenvalue weighted by molar-refractivity contribution is 0.0674. The quantitative estimate of drug-likeness (QED) is 0.810. The molecule has 82 valence electrons. The molecule has 4 nitrogen and oxygen atoms in total. The van der Waals surface area contributed by atoms with Crippen molar-refractivity contribution in [3.63, 3.8) is 0 Å². The van der Waals surface area contributed by atoms with Gasteiger partial charge in [-0.25, -0.2) is 0 Å². The zero-order valence-corrected chi connectivity index (χ0v) is 8.77. The summed E-state index contributed by atoms with van der Waals surface area (Å²) in [4.78, 5) is 13.6. The van der Waals surface area contributed by atoms with E-state index < -0.39 is 0 Å². The van der Waals surface area contributed by atoms with Gasteiger partial charge in [-0.2, -0.15) is 0 Å². The molecular weight excluding hydrogens is 194 g/mol. The minimum Gasteiger partial charge on any atom is -0.456 e. The Morgan fingerprint density at radius 3 is 2.80 bits per heavy atom. The molecule has 0 aromatic carbocycles. The van der Waals surface area contributed by atoms with Crippen LogP contribution in [0.4, 0.5) is 0 Å². The van der Waals surface area contributed by atoms with E-state index in [1.54, 1.807) is 17.0 Å². The molecule has 2 rings (SSSR count). The third kappa shape index (κ3) is 2.21. The number of amides is 1. The van der Waals surface area contributed by atoms with Gasteiger partial charge in [-0.3, -0.25) is 4.79 Å². The van der Waals surface area contributed by atoms with Crippen molar-refractivity contribution < 1.29 is 14.3 Å².